The Kier molecular flexibility index (Phi) is 2.58. The van der Waals surface area contributed by atoms with Gasteiger partial charge in [-0.05, 0) is 15.9 Å². The first-order chi connectivity index (χ1) is 9.45. The molecule has 2 aromatic carbocycles. The number of fused-ring (bicyclic) bond motifs is 2. The summed E-state index contributed by atoms with van der Waals surface area (Å²) in [4.78, 5) is 24.8. The van der Waals surface area contributed by atoms with E-state index in [2.05, 4.69) is 15.9 Å². The molecule has 0 saturated carbocycles. The van der Waals surface area contributed by atoms with Crippen molar-refractivity contribution in [3.63, 3.8) is 0 Å². The van der Waals surface area contributed by atoms with E-state index in [-0.39, 0.29) is 26.7 Å². The van der Waals surface area contributed by atoms with Crippen molar-refractivity contribution in [3.8, 4) is 17.2 Å². The van der Waals surface area contributed by atoms with Crippen LogP contribution in [0.2, 0.25) is 0 Å². The number of halogens is 1. The third kappa shape index (κ3) is 1.42. The van der Waals surface area contributed by atoms with Gasteiger partial charge in [0.15, 0.2) is 23.1 Å². The van der Waals surface area contributed by atoms with Crippen molar-refractivity contribution in [3.05, 3.63) is 51.0 Å². The van der Waals surface area contributed by atoms with Crippen LogP contribution in [0.1, 0.15) is 31.8 Å². The van der Waals surface area contributed by atoms with E-state index in [1.54, 1.807) is 12.1 Å². The maximum atomic E-state index is 12.4. The third-order valence-electron chi connectivity index (χ3n) is 3.23. The highest BCUT2D eigenvalue weighted by Crippen LogP contribution is 2.48. The number of carbonyl (C=O) groups is 2. The van der Waals surface area contributed by atoms with E-state index in [4.69, 9.17) is 0 Å². The molecule has 0 saturated heterocycles. The predicted octanol–water partition coefficient (Wildman–Crippen LogP) is 2.34. The van der Waals surface area contributed by atoms with Gasteiger partial charge in [-0.3, -0.25) is 9.59 Å². The molecular weight excluding hydrogens is 328 g/mol. The summed E-state index contributed by atoms with van der Waals surface area (Å²) in [5, 5.41) is 29.1. The lowest BCUT2D eigenvalue weighted by Crippen LogP contribution is -2.21. The molecule has 2 aromatic rings. The first-order valence-electron chi connectivity index (χ1n) is 5.60. The van der Waals surface area contributed by atoms with Crippen LogP contribution >= 0.6 is 15.9 Å². The first kappa shape index (κ1) is 12.7. The largest absolute Gasteiger partial charge is 0.504 e. The SMILES string of the molecule is O=C1c2ccccc2C(=O)c2c(Br)c(O)c(O)c(O)c21. The molecule has 3 N–H and O–H groups in total. The summed E-state index contributed by atoms with van der Waals surface area (Å²) < 4.78 is -0.115. The topological polar surface area (TPSA) is 94.8 Å². The van der Waals surface area contributed by atoms with Gasteiger partial charge in [-0.2, -0.15) is 0 Å². The summed E-state index contributed by atoms with van der Waals surface area (Å²) in [5.74, 6) is -3.40. The van der Waals surface area contributed by atoms with E-state index in [1.807, 2.05) is 0 Å². The minimum absolute atomic E-state index is 0.115. The van der Waals surface area contributed by atoms with Crippen molar-refractivity contribution in [2.45, 2.75) is 0 Å². The molecule has 0 atom stereocenters. The molecule has 0 radical (unpaired) electrons. The van der Waals surface area contributed by atoms with Gasteiger partial charge in [0.2, 0.25) is 5.75 Å². The van der Waals surface area contributed by atoms with Gasteiger partial charge in [-0.15, -0.1) is 0 Å². The zero-order valence-corrected chi connectivity index (χ0v) is 11.4. The lowest BCUT2D eigenvalue weighted by molar-refractivity contribution is 0.0975. The van der Waals surface area contributed by atoms with Gasteiger partial charge in [0, 0.05) is 11.1 Å². The highest BCUT2D eigenvalue weighted by atomic mass is 79.9. The van der Waals surface area contributed by atoms with E-state index in [9.17, 15) is 24.9 Å². The molecule has 6 heteroatoms. The zero-order valence-electron chi connectivity index (χ0n) is 9.85. The van der Waals surface area contributed by atoms with Gasteiger partial charge < -0.3 is 15.3 Å². The second kappa shape index (κ2) is 4.08. The maximum Gasteiger partial charge on any atom is 0.202 e. The number of hydrogen-bond donors (Lipinski definition) is 3. The van der Waals surface area contributed by atoms with Crippen molar-refractivity contribution in [2.75, 3.05) is 0 Å². The van der Waals surface area contributed by atoms with Crippen LogP contribution in [0.3, 0.4) is 0 Å². The van der Waals surface area contributed by atoms with Gasteiger partial charge in [-0.25, -0.2) is 0 Å². The van der Waals surface area contributed by atoms with Crippen LogP contribution in [0, 0.1) is 0 Å². The second-order valence-corrected chi connectivity index (χ2v) is 5.11. The van der Waals surface area contributed by atoms with Gasteiger partial charge >= 0.3 is 0 Å². The molecule has 0 fully saturated rings. The Morgan fingerprint density at radius 2 is 1.25 bits per heavy atom. The van der Waals surface area contributed by atoms with E-state index in [0.29, 0.717) is 0 Å². The molecule has 20 heavy (non-hydrogen) atoms. The van der Waals surface area contributed by atoms with Crippen LogP contribution in [0.25, 0.3) is 0 Å². The van der Waals surface area contributed by atoms with Crippen molar-refractivity contribution in [1.29, 1.82) is 0 Å². The number of rotatable bonds is 0. The summed E-state index contributed by atoms with van der Waals surface area (Å²) in [7, 11) is 0. The fourth-order valence-electron chi connectivity index (χ4n) is 2.26. The monoisotopic (exact) mass is 334 g/mol. The molecule has 0 unspecified atom stereocenters. The standard InChI is InChI=1S/C14H7BrO5/c15-9-7-8(12(18)14(20)13(9)19)11(17)6-4-2-1-3-5(6)10(7)16/h1-4,18-20H. The summed E-state index contributed by atoms with van der Waals surface area (Å²) >= 11 is 2.98. The van der Waals surface area contributed by atoms with Gasteiger partial charge in [0.05, 0.1) is 15.6 Å². The van der Waals surface area contributed by atoms with Gasteiger partial charge in [0.25, 0.3) is 0 Å². The Labute approximate surface area is 121 Å². The summed E-state index contributed by atoms with van der Waals surface area (Å²) in [6, 6.07) is 6.17. The fourth-order valence-corrected chi connectivity index (χ4v) is 2.83. The fraction of sp³-hybridized carbons (Fsp3) is 0. The average molecular weight is 335 g/mol. The third-order valence-corrected chi connectivity index (χ3v) is 4.01. The quantitative estimate of drug-likeness (QED) is 0.548. The summed E-state index contributed by atoms with van der Waals surface area (Å²) in [6.07, 6.45) is 0. The molecule has 0 bridgehead atoms. The predicted molar refractivity (Wildman–Crippen MR) is 72.4 cm³/mol. The molecule has 100 valence electrons. The number of phenols is 3. The van der Waals surface area contributed by atoms with Crippen LogP contribution in [0.4, 0.5) is 0 Å². The Balaban J connectivity index is 2.46. The van der Waals surface area contributed by atoms with Crippen molar-refractivity contribution < 1.29 is 24.9 Å². The van der Waals surface area contributed by atoms with Gasteiger partial charge in [-0.1, -0.05) is 24.3 Å². The number of carbonyl (C=O) groups excluding carboxylic acids is 2. The first-order valence-corrected chi connectivity index (χ1v) is 6.39. The molecule has 0 aromatic heterocycles. The molecule has 0 amide bonds. The highest BCUT2D eigenvalue weighted by Gasteiger charge is 2.36. The zero-order chi connectivity index (χ0) is 14.6. The lowest BCUT2D eigenvalue weighted by Gasteiger charge is -2.20. The van der Waals surface area contributed by atoms with Gasteiger partial charge in [0.1, 0.15) is 0 Å². The van der Waals surface area contributed by atoms with Crippen molar-refractivity contribution in [1.82, 2.24) is 0 Å². The van der Waals surface area contributed by atoms with E-state index in [0.717, 1.165) is 0 Å². The summed E-state index contributed by atoms with van der Waals surface area (Å²) in [6.45, 7) is 0. The van der Waals surface area contributed by atoms with Crippen molar-refractivity contribution >= 4 is 27.5 Å². The minimum atomic E-state index is -0.837. The Hall–Kier alpha value is -2.34. The highest BCUT2D eigenvalue weighted by molar-refractivity contribution is 9.10. The molecule has 3 rings (SSSR count). The summed E-state index contributed by atoms with van der Waals surface area (Å²) in [5.41, 5.74) is -0.121. The maximum absolute atomic E-state index is 12.4. The van der Waals surface area contributed by atoms with Crippen molar-refractivity contribution in [2.24, 2.45) is 0 Å². The van der Waals surface area contributed by atoms with Crippen LogP contribution in [0.5, 0.6) is 17.2 Å². The number of phenolic OH excluding ortho intramolecular Hbond substituents is 3. The number of ketones is 2. The number of benzene rings is 2. The van der Waals surface area contributed by atoms with E-state index < -0.39 is 28.8 Å². The molecule has 5 nitrogen and oxygen atoms in total. The average Bonchev–Trinajstić information content (AvgIpc) is 2.46. The molecule has 1 aliphatic rings. The minimum Gasteiger partial charge on any atom is -0.504 e. The molecule has 0 aliphatic heterocycles. The van der Waals surface area contributed by atoms with Crippen LogP contribution < -0.4 is 0 Å². The Bertz CT molecular complexity index is 729. The lowest BCUT2D eigenvalue weighted by atomic mass is 9.83. The van der Waals surface area contributed by atoms with E-state index >= 15 is 0 Å². The molecule has 0 heterocycles. The van der Waals surface area contributed by atoms with E-state index in [1.165, 1.54) is 12.1 Å². The second-order valence-electron chi connectivity index (χ2n) is 4.31. The van der Waals surface area contributed by atoms with Crippen LogP contribution in [-0.4, -0.2) is 26.9 Å². The van der Waals surface area contributed by atoms with Crippen LogP contribution in [-0.2, 0) is 0 Å². The Morgan fingerprint density at radius 3 is 1.80 bits per heavy atom. The normalized spacial score (nSPS) is 13.1. The Morgan fingerprint density at radius 1 is 0.750 bits per heavy atom. The number of hydrogen-bond acceptors (Lipinski definition) is 5. The molecule has 1 aliphatic carbocycles. The molecular formula is C14H7BrO5. The van der Waals surface area contributed by atoms with Crippen LogP contribution in [0.15, 0.2) is 28.7 Å². The smallest absolute Gasteiger partial charge is 0.202 e. The number of aromatic hydroxyl groups is 3. The molecule has 0 spiro atoms.